The number of thiol groups is 1. The summed E-state index contributed by atoms with van der Waals surface area (Å²) in [4.78, 5) is 127. The van der Waals surface area contributed by atoms with Gasteiger partial charge in [0.05, 0.1) is 12.1 Å². The van der Waals surface area contributed by atoms with Gasteiger partial charge in [-0.05, 0) is 87.5 Å². The van der Waals surface area contributed by atoms with E-state index in [4.69, 9.17) is 15.5 Å². The maximum absolute atomic E-state index is 14.9. The minimum atomic E-state index is -1.02. The van der Waals surface area contributed by atoms with Gasteiger partial charge in [0, 0.05) is 113 Å². The van der Waals surface area contributed by atoms with Crippen LogP contribution in [0, 0.1) is 23.7 Å². The van der Waals surface area contributed by atoms with Gasteiger partial charge in [-0.15, -0.1) is 23.1 Å². The second-order valence-electron chi connectivity index (χ2n) is 22.3. The van der Waals surface area contributed by atoms with E-state index in [1.54, 1.807) is 34.2 Å². The summed E-state index contributed by atoms with van der Waals surface area (Å²) in [7, 11) is 5.27. The van der Waals surface area contributed by atoms with Crippen molar-refractivity contribution < 1.29 is 43.1 Å². The smallest absolute Gasteiger partial charge is 0.303 e. The first-order valence-electron chi connectivity index (χ1n) is 29.1. The number of piperazine rings is 1. The minimum Gasteiger partial charge on any atom is -0.455 e. The molecule has 0 radical (unpaired) electrons. The summed E-state index contributed by atoms with van der Waals surface area (Å²) in [5.74, 6) is -3.02. The molecule has 17 nitrogen and oxygen atoms in total. The third-order valence-electron chi connectivity index (χ3n) is 16.1. The molecule has 0 saturated carbocycles. The number of amides is 5. The Morgan fingerprint density at radius 1 is 0.877 bits per heavy atom. The lowest BCUT2D eigenvalue weighted by Crippen LogP contribution is -2.57. The van der Waals surface area contributed by atoms with Crippen molar-refractivity contribution in [2.45, 2.75) is 153 Å². The molecule has 5 rings (SSSR count). The summed E-state index contributed by atoms with van der Waals surface area (Å²) in [5.41, 5.74) is 6.80. The van der Waals surface area contributed by atoms with E-state index in [0.29, 0.717) is 82.0 Å². The van der Waals surface area contributed by atoms with Gasteiger partial charge < -0.3 is 35.4 Å². The zero-order valence-electron chi connectivity index (χ0n) is 49.1. The van der Waals surface area contributed by atoms with Gasteiger partial charge >= 0.3 is 5.97 Å². The van der Waals surface area contributed by atoms with Gasteiger partial charge in [0.1, 0.15) is 16.7 Å². The van der Waals surface area contributed by atoms with Crippen LogP contribution in [0.1, 0.15) is 139 Å². The first kappa shape index (κ1) is 66.6. The van der Waals surface area contributed by atoms with E-state index < -0.39 is 53.8 Å². The number of esters is 1. The van der Waals surface area contributed by atoms with Gasteiger partial charge in [-0.1, -0.05) is 95.5 Å². The molecule has 3 N–H and O–H groups in total. The zero-order chi connectivity index (χ0) is 59.2. The van der Waals surface area contributed by atoms with E-state index >= 15 is 0 Å². The number of ether oxygens (including phenoxy) is 1. The van der Waals surface area contributed by atoms with Crippen molar-refractivity contribution in [3.63, 3.8) is 0 Å². The Labute approximate surface area is 495 Å². The monoisotopic (exact) mass is 1170 g/mol. The van der Waals surface area contributed by atoms with Gasteiger partial charge in [-0.3, -0.25) is 43.3 Å². The number of carbonyl (C=O) groups is 8. The molecule has 2 aliphatic rings. The van der Waals surface area contributed by atoms with Gasteiger partial charge in [0.2, 0.25) is 23.6 Å². The summed E-state index contributed by atoms with van der Waals surface area (Å²) in [5, 5.41) is 4.98. The van der Waals surface area contributed by atoms with Crippen LogP contribution in [0.3, 0.4) is 0 Å². The van der Waals surface area contributed by atoms with Crippen LogP contribution >= 0.6 is 35.7 Å². The molecule has 5 amide bonds. The molecule has 1 aromatic heterocycles. The highest BCUT2D eigenvalue weighted by atomic mass is 32.2. The molecule has 2 saturated heterocycles. The third-order valence-corrected chi connectivity index (χ3v) is 18.5. The average molecular weight is 1180 g/mol. The van der Waals surface area contributed by atoms with Crippen LogP contribution in [0.25, 0.3) is 0 Å². The second kappa shape index (κ2) is 33.8. The summed E-state index contributed by atoms with van der Waals surface area (Å²) >= 11 is 6.79. The number of thioether (sulfide) groups is 1. The molecule has 81 heavy (non-hydrogen) atoms. The summed E-state index contributed by atoms with van der Waals surface area (Å²) < 4.78 is 5.94. The highest BCUT2D eigenvalue weighted by molar-refractivity contribution is 7.99. The van der Waals surface area contributed by atoms with Crippen molar-refractivity contribution in [3.8, 4) is 0 Å². The normalized spacial score (nSPS) is 17.5. The number of ketones is 2. The number of Topliss-reactive ketones (excluding diaryl/α,β-unsaturated/α-hetero) is 2. The molecule has 3 heterocycles. The molecule has 2 aliphatic heterocycles. The fourth-order valence-corrected chi connectivity index (χ4v) is 13.0. The molecular formula is C61H90N8O9S3. The Bertz CT molecular complexity index is 2510. The van der Waals surface area contributed by atoms with Crippen molar-refractivity contribution in [1.82, 2.24) is 34.8 Å². The molecule has 8 atom stereocenters. The van der Waals surface area contributed by atoms with Crippen molar-refractivity contribution in [3.05, 3.63) is 82.3 Å². The van der Waals surface area contributed by atoms with Crippen LogP contribution in [0.4, 0.5) is 0 Å². The Balaban J connectivity index is 1.38. The number of benzene rings is 2. The molecule has 1 unspecified atom stereocenters. The average Bonchev–Trinajstić information content (AvgIpc) is 3.98. The molecule has 3 aromatic rings. The van der Waals surface area contributed by atoms with Gasteiger partial charge in [-0.25, -0.2) is 4.98 Å². The molecule has 0 aliphatic carbocycles. The van der Waals surface area contributed by atoms with E-state index in [2.05, 4.69) is 22.8 Å². The largest absolute Gasteiger partial charge is 0.455 e. The summed E-state index contributed by atoms with van der Waals surface area (Å²) in [6.07, 6.45) is 5.41. The fraction of sp³-hybridized carbons (Fsp3) is 0.623. The van der Waals surface area contributed by atoms with Gasteiger partial charge in [0.25, 0.3) is 5.91 Å². The molecule has 0 spiro atoms. The Morgan fingerprint density at radius 3 is 2.16 bits per heavy atom. The molecule has 2 aromatic carbocycles. The van der Waals surface area contributed by atoms with Crippen molar-refractivity contribution in [1.29, 1.82) is 0 Å². The standard InChI is InChI=1S/C61H90N8O9S3/c1-9-42(4)47(37-54(72)50-26-17-19-29-65(50)6)59(75)66(7)51(41(2)3)38-55(78-43(5)70)58-64-49(39-81-58)60(76)67(8)52(40-80-46-24-14-11-15-25-46)53(71)36-45(23-16-18-28-62)57(74)63-48(35-44-21-12-10-13-22-44)61(77)69-32-30-68(31-33-69)56(73)27-20-34-79/h10-15,21-22,24-25,39,41-42,45,47-48,50-52,55,79H,9,16-20,23,26-38,40,62H2,1-8H3,(H,63,74)/t42-,45-,47?,48-,50+,51+,52-,55+/m0/s1. The van der Waals surface area contributed by atoms with Gasteiger partial charge in [-0.2, -0.15) is 12.6 Å². The SMILES string of the molecule is CC[C@H](C)C(CC(=O)[C@H]1CCCCN1C)C(=O)N(C)[C@H](C[C@@H](OC(C)=O)c1nc(C(=O)N(C)[C@@H](CSc2ccccc2)C(=O)C[C@H](CCCCN)C(=O)N[C@@H](Cc2ccccc2)C(=O)N2CCN(C(=O)CCCS)CC2)cs1)C(C)C. The minimum absolute atomic E-state index is 0.0247. The number of likely N-dealkylation sites (N-methyl/N-ethyl adjacent to an activating group) is 2. The van der Waals surface area contributed by atoms with Crippen molar-refractivity contribution in [2.75, 3.05) is 71.9 Å². The number of nitrogens with zero attached hydrogens (tertiary/aromatic N) is 6. The number of carbonyl (C=O) groups excluding carboxylic acids is 8. The number of nitrogens with one attached hydrogen (secondary N) is 1. The van der Waals surface area contributed by atoms with Crippen LogP contribution in [0.2, 0.25) is 0 Å². The summed E-state index contributed by atoms with van der Waals surface area (Å²) in [6.45, 7) is 11.9. The van der Waals surface area contributed by atoms with Crippen LogP contribution in [-0.2, 0) is 44.7 Å². The van der Waals surface area contributed by atoms with E-state index in [1.807, 2.05) is 95.4 Å². The Morgan fingerprint density at radius 2 is 1.54 bits per heavy atom. The van der Waals surface area contributed by atoms with Crippen molar-refractivity contribution in [2.24, 2.45) is 29.4 Å². The Hall–Kier alpha value is -5.15. The fourth-order valence-electron chi connectivity index (χ4n) is 10.9. The maximum atomic E-state index is 14.9. The topological polar surface area (TPSA) is 213 Å². The number of thiazole rings is 1. The molecule has 2 fully saturated rings. The predicted molar refractivity (Wildman–Crippen MR) is 323 cm³/mol. The number of unbranched alkanes of at least 4 members (excludes halogenated alkanes) is 1. The number of hydrogen-bond donors (Lipinski definition) is 3. The zero-order valence-corrected chi connectivity index (χ0v) is 51.6. The number of aromatic nitrogens is 1. The summed E-state index contributed by atoms with van der Waals surface area (Å²) in [6, 6.07) is 16.3. The lowest BCUT2D eigenvalue weighted by Gasteiger charge is -2.37. The molecule has 20 heteroatoms. The van der Waals surface area contributed by atoms with Crippen LogP contribution in [-0.4, -0.2) is 173 Å². The van der Waals surface area contributed by atoms with Crippen LogP contribution in [0.15, 0.2) is 70.9 Å². The van der Waals surface area contributed by atoms with Crippen molar-refractivity contribution >= 4 is 82.8 Å². The third kappa shape index (κ3) is 20.0. The molecule has 0 bridgehead atoms. The number of rotatable bonds is 32. The van der Waals surface area contributed by atoms with Crippen LogP contribution < -0.4 is 11.1 Å². The Kier molecular flexibility index (Phi) is 27.8. The molecular weight excluding hydrogens is 1080 g/mol. The second-order valence-corrected chi connectivity index (χ2v) is 24.7. The first-order chi connectivity index (χ1) is 38.8. The van der Waals surface area contributed by atoms with Gasteiger partial charge in [0.15, 0.2) is 17.7 Å². The van der Waals surface area contributed by atoms with E-state index in [1.165, 1.54) is 23.6 Å². The lowest BCUT2D eigenvalue weighted by molar-refractivity contribution is -0.149. The maximum Gasteiger partial charge on any atom is 0.303 e. The number of nitrogens with two attached hydrogens (primary N) is 1. The molecule has 446 valence electrons. The highest BCUT2D eigenvalue weighted by Crippen LogP contribution is 2.34. The quantitative estimate of drug-likeness (QED) is 0.0236. The van der Waals surface area contributed by atoms with E-state index in [0.717, 1.165) is 47.6 Å². The lowest BCUT2D eigenvalue weighted by atomic mass is 9.83. The van der Waals surface area contributed by atoms with E-state index in [-0.39, 0.29) is 84.3 Å². The number of likely N-dealkylation sites (tertiary alicyclic amines) is 1. The van der Waals surface area contributed by atoms with E-state index in [9.17, 15) is 38.4 Å². The first-order valence-corrected chi connectivity index (χ1v) is 31.6. The van der Waals surface area contributed by atoms with Crippen LogP contribution in [0.5, 0.6) is 0 Å². The predicted octanol–water partition coefficient (Wildman–Crippen LogP) is 7.77. The number of hydrogen-bond acceptors (Lipinski definition) is 15. The number of piperidine rings is 1. The highest BCUT2D eigenvalue weighted by Gasteiger charge is 2.39.